The molecule has 0 aromatic heterocycles. The number of amides is 7. The molecule has 0 spiro atoms. The summed E-state index contributed by atoms with van der Waals surface area (Å²) in [6.45, 7) is 4.87. The third-order valence-electron chi connectivity index (χ3n) is 7.18. The Hall–Kier alpha value is -3.54. The van der Waals surface area contributed by atoms with Crippen molar-refractivity contribution in [1.29, 1.82) is 0 Å². The Morgan fingerprint density at radius 3 is 2.38 bits per heavy atom. The summed E-state index contributed by atoms with van der Waals surface area (Å²) in [6.07, 6.45) is 0.146. The number of carbonyl (C=O) groups is 7. The number of hydrogen-bond donors (Lipinski definition) is 5. The van der Waals surface area contributed by atoms with Crippen LogP contribution in [0, 0.1) is 0 Å². The zero-order valence-electron chi connectivity index (χ0n) is 23.1. The van der Waals surface area contributed by atoms with Gasteiger partial charge in [0.15, 0.2) is 11.5 Å². The zero-order valence-corrected chi connectivity index (χ0v) is 25.9. The Morgan fingerprint density at radius 1 is 1.14 bits per heavy atom. The van der Waals surface area contributed by atoms with Gasteiger partial charge in [0.2, 0.25) is 18.0 Å². The number of rotatable bonds is 8. The van der Waals surface area contributed by atoms with Crippen molar-refractivity contribution in [2.75, 3.05) is 19.6 Å². The summed E-state index contributed by atoms with van der Waals surface area (Å²) in [6, 6.07) is -1.09. The molecule has 3 heterocycles. The number of nitrogens with zero attached hydrogens (tertiary/aromatic N) is 3. The van der Waals surface area contributed by atoms with Gasteiger partial charge in [-0.3, -0.25) is 28.9 Å². The van der Waals surface area contributed by atoms with Crippen LogP contribution in [0.4, 0.5) is 4.79 Å². The summed E-state index contributed by atoms with van der Waals surface area (Å²) in [7, 11) is 0. The molecule has 0 saturated carbocycles. The van der Waals surface area contributed by atoms with Crippen LogP contribution in [0.15, 0.2) is 18.2 Å². The van der Waals surface area contributed by atoms with Crippen molar-refractivity contribution in [2.45, 2.75) is 48.6 Å². The van der Waals surface area contributed by atoms with Crippen LogP contribution < -0.4 is 50.6 Å². The number of nitrogens with one attached hydrogen (secondary N) is 3. The van der Waals surface area contributed by atoms with Gasteiger partial charge in [-0.15, -0.1) is 11.8 Å². The number of urea groups is 1. The SMILES string of the molecule is CCN1CCN(C(=O)NC(C(=O)NC2(NC=O)C(=O)N3C(C(=O)[O-])C(C)(C)SC32)c2ccc(O)c(O)c2)C(=O)C1=O.[Na+]. The first-order valence-corrected chi connectivity index (χ1v) is 13.3. The van der Waals surface area contributed by atoms with E-state index < -0.39 is 75.0 Å². The summed E-state index contributed by atoms with van der Waals surface area (Å²) in [5.74, 6) is -6.85. The van der Waals surface area contributed by atoms with E-state index in [0.717, 1.165) is 28.8 Å². The van der Waals surface area contributed by atoms with E-state index in [1.807, 2.05) is 0 Å². The molecule has 3 saturated heterocycles. The maximum absolute atomic E-state index is 13.7. The number of piperazine rings is 1. The van der Waals surface area contributed by atoms with E-state index in [-0.39, 0.29) is 61.2 Å². The fourth-order valence-electron chi connectivity index (χ4n) is 5.08. The van der Waals surface area contributed by atoms with Gasteiger partial charge in [-0.25, -0.2) is 4.79 Å². The minimum atomic E-state index is -2.12. The maximum Gasteiger partial charge on any atom is 1.00 e. The fraction of sp³-hybridized carbons (Fsp3) is 0.458. The Kier molecular flexibility index (Phi) is 9.41. The van der Waals surface area contributed by atoms with Gasteiger partial charge in [0, 0.05) is 24.4 Å². The number of benzene rings is 1. The van der Waals surface area contributed by atoms with Gasteiger partial charge < -0.3 is 45.9 Å². The second-order valence-electron chi connectivity index (χ2n) is 10.0. The average molecular weight is 615 g/mol. The van der Waals surface area contributed by atoms with Crippen LogP contribution in [0.1, 0.15) is 32.4 Å². The number of phenols is 2. The molecule has 0 radical (unpaired) electrons. The first-order valence-electron chi connectivity index (χ1n) is 12.4. The van der Waals surface area contributed by atoms with E-state index in [9.17, 15) is 48.9 Å². The summed E-state index contributed by atoms with van der Waals surface area (Å²) >= 11 is 0.991. The molecule has 4 atom stereocenters. The summed E-state index contributed by atoms with van der Waals surface area (Å²) in [4.78, 5) is 91.1. The number of hydrogen-bond acceptors (Lipinski definition) is 11. The number of imide groups is 1. The monoisotopic (exact) mass is 614 g/mol. The van der Waals surface area contributed by atoms with Crippen molar-refractivity contribution in [3.05, 3.63) is 23.8 Å². The maximum atomic E-state index is 13.7. The van der Waals surface area contributed by atoms with Gasteiger partial charge in [0.1, 0.15) is 11.4 Å². The second kappa shape index (κ2) is 12.0. The van der Waals surface area contributed by atoms with E-state index in [2.05, 4.69) is 16.0 Å². The van der Waals surface area contributed by atoms with Crippen LogP contribution in [-0.2, 0) is 28.8 Å². The Bertz CT molecular complexity index is 1360. The predicted octanol–water partition coefficient (Wildman–Crippen LogP) is -6.09. The number of β-lactam (4-membered cyclic amide) rings is 1. The number of phenolic OH excluding ortho intramolecular Hbond substituents is 2. The number of aromatic hydroxyl groups is 2. The van der Waals surface area contributed by atoms with E-state index in [0.29, 0.717) is 4.90 Å². The smallest absolute Gasteiger partial charge is 0.548 e. The molecule has 3 aliphatic rings. The largest absolute Gasteiger partial charge is 1.00 e. The van der Waals surface area contributed by atoms with Gasteiger partial charge in [-0.1, -0.05) is 6.07 Å². The number of fused-ring (bicyclic) bond motifs is 1. The molecule has 4 rings (SSSR count). The Balaban J connectivity index is 0.00000484. The third kappa shape index (κ3) is 5.36. The van der Waals surface area contributed by atoms with Gasteiger partial charge in [0.05, 0.1) is 12.0 Å². The normalized spacial score (nSPS) is 25.0. The number of carboxylic acids is 1. The minimum Gasteiger partial charge on any atom is -0.548 e. The van der Waals surface area contributed by atoms with Gasteiger partial charge in [-0.2, -0.15) is 0 Å². The van der Waals surface area contributed by atoms with E-state index in [4.69, 9.17) is 0 Å². The van der Waals surface area contributed by atoms with Crippen LogP contribution in [-0.4, -0.2) is 108 Å². The molecule has 0 aliphatic carbocycles. The van der Waals surface area contributed by atoms with Crippen molar-refractivity contribution >= 4 is 53.8 Å². The molecular formula is C24H27N6NaO10S. The molecule has 5 N–H and O–H groups in total. The first kappa shape index (κ1) is 33.0. The van der Waals surface area contributed by atoms with Crippen LogP contribution in [0.2, 0.25) is 0 Å². The number of aliphatic carboxylic acids is 1. The summed E-state index contributed by atoms with van der Waals surface area (Å²) in [5, 5.41) is 37.4. The predicted molar refractivity (Wildman–Crippen MR) is 136 cm³/mol. The second-order valence-corrected chi connectivity index (χ2v) is 11.8. The molecular weight excluding hydrogens is 587 g/mol. The number of likely N-dealkylation sites (N-methyl/N-ethyl adjacent to an activating group) is 1. The van der Waals surface area contributed by atoms with Crippen LogP contribution in [0.5, 0.6) is 11.5 Å². The molecule has 3 fully saturated rings. The van der Waals surface area contributed by atoms with Crippen LogP contribution >= 0.6 is 11.8 Å². The van der Waals surface area contributed by atoms with E-state index in [1.165, 1.54) is 11.0 Å². The van der Waals surface area contributed by atoms with Crippen LogP contribution in [0.25, 0.3) is 0 Å². The van der Waals surface area contributed by atoms with Gasteiger partial charge in [-0.05, 0) is 38.5 Å². The topological polar surface area (TPSA) is 229 Å². The molecule has 4 unspecified atom stereocenters. The number of thioether (sulfide) groups is 1. The number of carbonyl (C=O) groups excluding carboxylic acids is 7. The molecule has 42 heavy (non-hydrogen) atoms. The van der Waals surface area contributed by atoms with Crippen molar-refractivity contribution in [3.8, 4) is 11.5 Å². The first-order chi connectivity index (χ1) is 19.2. The fourth-order valence-corrected chi connectivity index (χ4v) is 6.73. The minimum absolute atomic E-state index is 0. The Morgan fingerprint density at radius 2 is 1.81 bits per heavy atom. The molecule has 18 heteroatoms. The third-order valence-corrected chi connectivity index (χ3v) is 8.81. The van der Waals surface area contributed by atoms with Crippen molar-refractivity contribution in [3.63, 3.8) is 0 Å². The molecule has 0 bridgehead atoms. The van der Waals surface area contributed by atoms with Gasteiger partial charge in [0.25, 0.3) is 5.91 Å². The zero-order chi connectivity index (χ0) is 30.4. The molecule has 1 aromatic carbocycles. The number of carboxylic acid groups (broad SMARTS) is 1. The standard InChI is InChI=1S/C24H28N6O10S.Na/c1-4-28-7-8-29(18(36)17(28)35)22(40)26-14(11-5-6-12(32)13(33)9-11)16(34)27-24(25-10-31)20(39)30-15(19(37)38)23(2,3)41-21(24)30;/h5-6,9-10,14-15,21,32-33H,4,7-8H2,1-3H3,(H,25,31)(H,26,40)(H,27,34)(H,37,38);/q;+1/p-1. The van der Waals surface area contributed by atoms with Crippen molar-refractivity contribution in [1.82, 2.24) is 30.7 Å². The molecule has 7 amide bonds. The van der Waals surface area contributed by atoms with Gasteiger partial charge >= 0.3 is 47.4 Å². The van der Waals surface area contributed by atoms with Crippen LogP contribution in [0.3, 0.4) is 0 Å². The molecule has 1 aromatic rings. The molecule has 16 nitrogen and oxygen atoms in total. The van der Waals surface area contributed by atoms with E-state index in [1.54, 1.807) is 20.8 Å². The Labute approximate surface area is 265 Å². The molecule has 3 aliphatic heterocycles. The molecule has 220 valence electrons. The summed E-state index contributed by atoms with van der Waals surface area (Å²) < 4.78 is -1.07. The van der Waals surface area contributed by atoms with E-state index >= 15 is 0 Å². The van der Waals surface area contributed by atoms with Crippen molar-refractivity contribution in [2.24, 2.45) is 0 Å². The average Bonchev–Trinajstić information content (AvgIpc) is 3.18. The quantitative estimate of drug-likeness (QED) is 0.0462. The van der Waals surface area contributed by atoms with Crippen molar-refractivity contribution < 1.29 is 78.4 Å². The summed E-state index contributed by atoms with van der Waals surface area (Å²) in [5.41, 5.74) is -2.22.